The number of halogens is 2. The average molecular weight is 384 g/mol. The van der Waals surface area contributed by atoms with Crippen molar-refractivity contribution in [1.29, 1.82) is 0 Å². The van der Waals surface area contributed by atoms with Gasteiger partial charge in [-0.3, -0.25) is 0 Å². The van der Waals surface area contributed by atoms with E-state index in [1.165, 1.54) is 0 Å². The Morgan fingerprint density at radius 2 is 2.12 bits per heavy atom. The third-order valence-corrected chi connectivity index (χ3v) is 4.12. The van der Waals surface area contributed by atoms with Gasteiger partial charge in [-0.15, -0.1) is 0 Å². The van der Waals surface area contributed by atoms with Crippen molar-refractivity contribution in [2.24, 2.45) is 0 Å². The summed E-state index contributed by atoms with van der Waals surface area (Å²) in [6.07, 6.45) is 3.14. The predicted octanol–water partition coefficient (Wildman–Crippen LogP) is 4.48. The monoisotopic (exact) mass is 382 g/mol. The molecule has 0 aromatic heterocycles. The van der Waals surface area contributed by atoms with Crippen LogP contribution in [-0.2, 0) is 5.33 Å². The van der Waals surface area contributed by atoms with Gasteiger partial charge in [0.1, 0.15) is 0 Å². The Kier molecular flexibility index (Phi) is 7.39. The highest BCUT2D eigenvalue weighted by molar-refractivity contribution is 9.10. The summed E-state index contributed by atoms with van der Waals surface area (Å²) >= 11 is 8.78. The molecule has 0 aliphatic rings. The van der Waals surface area contributed by atoms with E-state index in [1.54, 1.807) is 7.11 Å². The van der Waals surface area contributed by atoms with Crippen molar-refractivity contribution in [2.45, 2.75) is 11.8 Å². The topological polar surface area (TPSA) is 18.5 Å². The number of benzene rings is 1. The van der Waals surface area contributed by atoms with Crippen molar-refractivity contribution in [3.63, 3.8) is 0 Å². The van der Waals surface area contributed by atoms with Crippen molar-refractivity contribution < 1.29 is 9.47 Å². The molecule has 0 spiro atoms. The second-order valence-electron chi connectivity index (χ2n) is 3.44. The molecule has 0 saturated heterocycles. The van der Waals surface area contributed by atoms with Crippen LogP contribution in [0.15, 0.2) is 16.6 Å². The van der Waals surface area contributed by atoms with Crippen molar-refractivity contribution in [3.05, 3.63) is 22.2 Å². The molecule has 0 fully saturated rings. The maximum atomic E-state index is 5.76. The lowest BCUT2D eigenvalue weighted by molar-refractivity contribution is 0.293. The summed E-state index contributed by atoms with van der Waals surface area (Å²) in [5.74, 6) is 2.68. The largest absolute Gasteiger partial charge is 0.493 e. The Hall–Kier alpha value is 0.130. The summed E-state index contributed by atoms with van der Waals surface area (Å²) in [7, 11) is 1.66. The molecule has 2 nitrogen and oxygen atoms in total. The lowest BCUT2D eigenvalue weighted by Gasteiger charge is -2.13. The Morgan fingerprint density at radius 1 is 1.35 bits per heavy atom. The molecule has 0 N–H and O–H groups in total. The molecule has 96 valence electrons. The highest BCUT2D eigenvalue weighted by Crippen LogP contribution is 2.37. The molecule has 1 aromatic rings. The highest BCUT2D eigenvalue weighted by Gasteiger charge is 2.11. The minimum absolute atomic E-state index is 0.712. The molecule has 5 heteroatoms. The van der Waals surface area contributed by atoms with Gasteiger partial charge in [-0.05, 0) is 52.1 Å². The van der Waals surface area contributed by atoms with Gasteiger partial charge in [-0.1, -0.05) is 15.9 Å². The Morgan fingerprint density at radius 3 is 2.71 bits per heavy atom. The van der Waals surface area contributed by atoms with Gasteiger partial charge in [-0.25, -0.2) is 0 Å². The fourth-order valence-corrected chi connectivity index (χ4v) is 2.70. The summed E-state index contributed by atoms with van der Waals surface area (Å²) < 4.78 is 12.0. The molecule has 1 rings (SSSR count). The number of thioether (sulfide) groups is 1. The molecule has 0 radical (unpaired) electrons. The first-order chi connectivity index (χ1) is 8.22. The van der Waals surface area contributed by atoms with E-state index < -0.39 is 0 Å². The van der Waals surface area contributed by atoms with Crippen LogP contribution in [0.4, 0.5) is 0 Å². The molecule has 0 atom stereocenters. The van der Waals surface area contributed by atoms with Crippen LogP contribution >= 0.6 is 43.6 Å². The molecular formula is C12H16Br2O2S. The van der Waals surface area contributed by atoms with Crippen molar-refractivity contribution in [3.8, 4) is 11.5 Å². The van der Waals surface area contributed by atoms with E-state index in [0.29, 0.717) is 6.61 Å². The maximum Gasteiger partial charge on any atom is 0.175 e. The minimum atomic E-state index is 0.712. The Labute approximate surface area is 124 Å². The van der Waals surface area contributed by atoms with Crippen LogP contribution < -0.4 is 9.47 Å². The van der Waals surface area contributed by atoms with Gasteiger partial charge >= 0.3 is 0 Å². The molecule has 0 saturated carbocycles. The summed E-state index contributed by atoms with van der Waals surface area (Å²) in [6.45, 7) is 0.712. The molecule has 0 bridgehead atoms. The van der Waals surface area contributed by atoms with E-state index in [9.17, 15) is 0 Å². The van der Waals surface area contributed by atoms with Crippen LogP contribution in [0, 0.1) is 0 Å². The van der Waals surface area contributed by atoms with E-state index >= 15 is 0 Å². The van der Waals surface area contributed by atoms with Gasteiger partial charge in [0.15, 0.2) is 11.5 Å². The van der Waals surface area contributed by atoms with E-state index in [1.807, 2.05) is 23.9 Å². The SMILES string of the molecule is COc1cc(CBr)cc(Br)c1OCCCSC. The molecule has 0 aliphatic carbocycles. The molecule has 1 aromatic carbocycles. The first-order valence-electron chi connectivity index (χ1n) is 5.27. The number of rotatable bonds is 7. The number of hydrogen-bond donors (Lipinski definition) is 0. The Bertz CT molecular complexity index is 359. The van der Waals surface area contributed by atoms with Gasteiger partial charge < -0.3 is 9.47 Å². The number of alkyl halides is 1. The van der Waals surface area contributed by atoms with Gasteiger partial charge in [0.25, 0.3) is 0 Å². The van der Waals surface area contributed by atoms with Crippen molar-refractivity contribution >= 4 is 43.6 Å². The first kappa shape index (κ1) is 15.2. The fraction of sp³-hybridized carbons (Fsp3) is 0.500. The molecular weight excluding hydrogens is 368 g/mol. The molecule has 0 unspecified atom stereocenters. The third-order valence-electron chi connectivity index (χ3n) is 2.18. The summed E-state index contributed by atoms with van der Waals surface area (Å²) in [4.78, 5) is 0. The number of hydrogen-bond acceptors (Lipinski definition) is 3. The average Bonchev–Trinajstić information content (AvgIpc) is 2.35. The van der Waals surface area contributed by atoms with Gasteiger partial charge in [0, 0.05) is 5.33 Å². The van der Waals surface area contributed by atoms with Crippen molar-refractivity contribution in [2.75, 3.05) is 25.7 Å². The second-order valence-corrected chi connectivity index (χ2v) is 5.84. The van der Waals surface area contributed by atoms with Crippen LogP contribution in [-0.4, -0.2) is 25.7 Å². The zero-order valence-corrected chi connectivity index (χ0v) is 14.0. The van der Waals surface area contributed by atoms with Crippen LogP contribution in [0.5, 0.6) is 11.5 Å². The molecule has 0 aliphatic heterocycles. The van der Waals surface area contributed by atoms with E-state index in [-0.39, 0.29) is 0 Å². The minimum Gasteiger partial charge on any atom is -0.493 e. The summed E-state index contributed by atoms with van der Waals surface area (Å²) in [5.41, 5.74) is 1.16. The molecule has 0 amide bonds. The van der Waals surface area contributed by atoms with Crippen molar-refractivity contribution in [1.82, 2.24) is 0 Å². The molecule has 0 heterocycles. The van der Waals surface area contributed by atoms with Crippen LogP contribution in [0.3, 0.4) is 0 Å². The maximum absolute atomic E-state index is 5.76. The highest BCUT2D eigenvalue weighted by atomic mass is 79.9. The van der Waals surface area contributed by atoms with Gasteiger partial charge in [0.2, 0.25) is 0 Å². The van der Waals surface area contributed by atoms with E-state index in [4.69, 9.17) is 9.47 Å². The van der Waals surface area contributed by atoms with Gasteiger partial charge in [-0.2, -0.15) is 11.8 Å². The van der Waals surface area contributed by atoms with E-state index in [2.05, 4.69) is 38.1 Å². The van der Waals surface area contributed by atoms with E-state index in [0.717, 1.165) is 39.0 Å². The first-order valence-corrected chi connectivity index (χ1v) is 8.57. The smallest absolute Gasteiger partial charge is 0.175 e. The lowest BCUT2D eigenvalue weighted by atomic mass is 10.2. The summed E-state index contributed by atoms with van der Waals surface area (Å²) in [6, 6.07) is 4.03. The molecule has 17 heavy (non-hydrogen) atoms. The van der Waals surface area contributed by atoms with Gasteiger partial charge in [0.05, 0.1) is 18.2 Å². The fourth-order valence-electron chi connectivity index (χ4n) is 1.37. The standard InChI is InChI=1S/C12H16Br2O2S/c1-15-11-7-9(8-13)6-10(14)12(11)16-4-3-5-17-2/h6-7H,3-5,8H2,1-2H3. The number of ether oxygens (including phenoxy) is 2. The zero-order chi connectivity index (χ0) is 12.7. The lowest BCUT2D eigenvalue weighted by Crippen LogP contribution is -2.01. The van der Waals surface area contributed by atoms with Crippen LogP contribution in [0.2, 0.25) is 0 Å². The Balaban J connectivity index is 2.75. The number of methoxy groups -OCH3 is 1. The second kappa shape index (κ2) is 8.27. The normalized spacial score (nSPS) is 10.4. The zero-order valence-electron chi connectivity index (χ0n) is 9.96. The third kappa shape index (κ3) is 4.72. The van der Waals surface area contributed by atoms with Crippen LogP contribution in [0.25, 0.3) is 0 Å². The summed E-state index contributed by atoms with van der Waals surface area (Å²) in [5, 5.41) is 0.800. The van der Waals surface area contributed by atoms with Crippen LogP contribution in [0.1, 0.15) is 12.0 Å². The quantitative estimate of drug-likeness (QED) is 0.510. The predicted molar refractivity (Wildman–Crippen MR) is 81.8 cm³/mol.